The predicted molar refractivity (Wildman–Crippen MR) is 123 cm³/mol. The van der Waals surface area contributed by atoms with Crippen molar-refractivity contribution >= 4 is 40.1 Å². The van der Waals surface area contributed by atoms with Gasteiger partial charge in [0.15, 0.2) is 0 Å². The van der Waals surface area contributed by atoms with Crippen molar-refractivity contribution in [2.45, 2.75) is 18.9 Å². The standard InChI is InChI=1S/C25H23N3O5/c29-22-19-8-2-1-5-16(19)10-11-20(22)24(31)28-12-4-9-21(28)23(30)26-17-6-3-7-18(15-17)27-13-14-33-25(27)32/h1-3,5-8,10-11,15,21,29H,4,9,12-14H2,(H,26,30). The first-order valence-electron chi connectivity index (χ1n) is 10.9. The minimum absolute atomic E-state index is 0.0747. The van der Waals surface area contributed by atoms with Crippen molar-refractivity contribution in [1.82, 2.24) is 4.90 Å². The number of ether oxygens (including phenoxy) is 1. The zero-order chi connectivity index (χ0) is 22.9. The van der Waals surface area contributed by atoms with Gasteiger partial charge in [-0.15, -0.1) is 0 Å². The highest BCUT2D eigenvalue weighted by atomic mass is 16.6. The second kappa shape index (κ2) is 8.46. The highest BCUT2D eigenvalue weighted by Crippen LogP contribution is 2.32. The lowest BCUT2D eigenvalue weighted by Gasteiger charge is -2.25. The Hall–Kier alpha value is -4.07. The number of rotatable bonds is 4. The molecule has 2 aliphatic rings. The molecule has 8 heteroatoms. The fourth-order valence-electron chi connectivity index (χ4n) is 4.47. The van der Waals surface area contributed by atoms with Gasteiger partial charge in [0.1, 0.15) is 18.4 Å². The summed E-state index contributed by atoms with van der Waals surface area (Å²) in [6.07, 6.45) is 0.809. The molecule has 0 bridgehead atoms. The van der Waals surface area contributed by atoms with Gasteiger partial charge in [-0.2, -0.15) is 0 Å². The highest BCUT2D eigenvalue weighted by molar-refractivity contribution is 6.06. The first-order valence-corrected chi connectivity index (χ1v) is 10.9. The molecule has 3 amide bonds. The van der Waals surface area contributed by atoms with Crippen LogP contribution in [0.4, 0.5) is 16.2 Å². The van der Waals surface area contributed by atoms with E-state index in [0.29, 0.717) is 49.3 Å². The van der Waals surface area contributed by atoms with E-state index in [9.17, 15) is 19.5 Å². The first kappa shape index (κ1) is 20.8. The molecule has 33 heavy (non-hydrogen) atoms. The fraction of sp³-hybridized carbons (Fsp3) is 0.240. The van der Waals surface area contributed by atoms with E-state index in [2.05, 4.69) is 5.32 Å². The molecule has 0 spiro atoms. The Kier molecular flexibility index (Phi) is 5.34. The number of cyclic esters (lactones) is 1. The summed E-state index contributed by atoms with van der Waals surface area (Å²) in [5, 5.41) is 15.0. The molecule has 0 saturated carbocycles. The van der Waals surface area contributed by atoms with Crippen molar-refractivity contribution in [3.05, 3.63) is 66.2 Å². The van der Waals surface area contributed by atoms with Gasteiger partial charge < -0.3 is 20.1 Å². The molecule has 1 atom stereocenters. The van der Waals surface area contributed by atoms with Gasteiger partial charge in [-0.1, -0.05) is 36.4 Å². The van der Waals surface area contributed by atoms with E-state index < -0.39 is 12.1 Å². The third kappa shape index (κ3) is 3.84. The van der Waals surface area contributed by atoms with E-state index in [4.69, 9.17) is 4.74 Å². The van der Waals surface area contributed by atoms with Crippen LogP contribution in [0.3, 0.4) is 0 Å². The van der Waals surface area contributed by atoms with Crippen molar-refractivity contribution in [3.63, 3.8) is 0 Å². The van der Waals surface area contributed by atoms with Crippen LogP contribution in [-0.4, -0.2) is 53.7 Å². The van der Waals surface area contributed by atoms with Gasteiger partial charge in [-0.05, 0) is 42.5 Å². The maximum atomic E-state index is 13.3. The van der Waals surface area contributed by atoms with Gasteiger partial charge in [-0.25, -0.2) is 4.79 Å². The van der Waals surface area contributed by atoms with E-state index in [-0.39, 0.29) is 23.1 Å². The molecule has 3 aromatic rings. The van der Waals surface area contributed by atoms with Crippen molar-refractivity contribution in [3.8, 4) is 5.75 Å². The van der Waals surface area contributed by atoms with E-state index >= 15 is 0 Å². The van der Waals surface area contributed by atoms with Crippen molar-refractivity contribution < 1.29 is 24.2 Å². The molecule has 168 valence electrons. The summed E-state index contributed by atoms with van der Waals surface area (Å²) in [6, 6.07) is 17.0. The fourth-order valence-corrected chi connectivity index (χ4v) is 4.47. The number of fused-ring (bicyclic) bond motifs is 1. The Bertz CT molecular complexity index is 1260. The van der Waals surface area contributed by atoms with Crippen LogP contribution in [0.25, 0.3) is 10.8 Å². The summed E-state index contributed by atoms with van der Waals surface area (Å²) in [6.45, 7) is 1.22. The van der Waals surface area contributed by atoms with Crippen LogP contribution < -0.4 is 10.2 Å². The Morgan fingerprint density at radius 3 is 2.70 bits per heavy atom. The van der Waals surface area contributed by atoms with Crippen LogP contribution in [-0.2, 0) is 9.53 Å². The number of likely N-dealkylation sites (tertiary alicyclic amines) is 1. The number of amides is 3. The minimum Gasteiger partial charge on any atom is -0.506 e. The summed E-state index contributed by atoms with van der Waals surface area (Å²) in [7, 11) is 0. The molecule has 8 nitrogen and oxygen atoms in total. The molecule has 0 aromatic heterocycles. The SMILES string of the molecule is O=C(Nc1cccc(N2CCOC2=O)c1)C1CCCN1C(=O)c1ccc2ccccc2c1O. The molecule has 0 radical (unpaired) electrons. The zero-order valence-electron chi connectivity index (χ0n) is 17.9. The number of nitrogens with one attached hydrogen (secondary N) is 1. The van der Waals surface area contributed by atoms with Gasteiger partial charge in [0.25, 0.3) is 5.91 Å². The second-order valence-corrected chi connectivity index (χ2v) is 8.15. The van der Waals surface area contributed by atoms with Gasteiger partial charge >= 0.3 is 6.09 Å². The monoisotopic (exact) mass is 445 g/mol. The Morgan fingerprint density at radius 2 is 1.88 bits per heavy atom. The zero-order valence-corrected chi connectivity index (χ0v) is 17.9. The molecule has 2 N–H and O–H groups in total. The number of phenolic OH excluding ortho intramolecular Hbond substituents is 1. The Morgan fingerprint density at radius 1 is 1.03 bits per heavy atom. The molecule has 1 unspecified atom stereocenters. The first-order chi connectivity index (χ1) is 16.0. The largest absolute Gasteiger partial charge is 0.506 e. The normalized spacial score (nSPS) is 17.9. The van der Waals surface area contributed by atoms with E-state index in [1.165, 1.54) is 9.80 Å². The second-order valence-electron chi connectivity index (χ2n) is 8.15. The third-order valence-corrected chi connectivity index (χ3v) is 6.13. The maximum Gasteiger partial charge on any atom is 0.414 e. The van der Waals surface area contributed by atoms with Crippen LogP contribution in [0, 0.1) is 0 Å². The molecular formula is C25H23N3O5. The molecule has 2 fully saturated rings. The van der Waals surface area contributed by atoms with Crippen LogP contribution in [0.15, 0.2) is 60.7 Å². The number of aromatic hydroxyl groups is 1. The number of nitrogens with zero attached hydrogens (tertiary/aromatic N) is 2. The van der Waals surface area contributed by atoms with Gasteiger partial charge in [0.2, 0.25) is 5.91 Å². The number of anilines is 2. The lowest BCUT2D eigenvalue weighted by Crippen LogP contribution is -2.43. The molecule has 2 heterocycles. The molecule has 3 aromatic carbocycles. The van der Waals surface area contributed by atoms with Crippen LogP contribution >= 0.6 is 0 Å². The van der Waals surface area contributed by atoms with Crippen LogP contribution in [0.2, 0.25) is 0 Å². The molecule has 2 saturated heterocycles. The number of hydrogen-bond donors (Lipinski definition) is 2. The lowest BCUT2D eigenvalue weighted by molar-refractivity contribution is -0.119. The molecule has 2 aliphatic heterocycles. The summed E-state index contributed by atoms with van der Waals surface area (Å²) >= 11 is 0. The summed E-state index contributed by atoms with van der Waals surface area (Å²) in [4.78, 5) is 41.2. The summed E-state index contributed by atoms with van der Waals surface area (Å²) < 4.78 is 4.98. The minimum atomic E-state index is -0.649. The summed E-state index contributed by atoms with van der Waals surface area (Å²) in [5.41, 5.74) is 1.35. The summed E-state index contributed by atoms with van der Waals surface area (Å²) in [5.74, 6) is -0.749. The lowest BCUT2D eigenvalue weighted by atomic mass is 10.0. The number of carbonyl (C=O) groups excluding carboxylic acids is 3. The average molecular weight is 445 g/mol. The molecular weight excluding hydrogens is 422 g/mol. The predicted octanol–water partition coefficient (Wildman–Crippen LogP) is 3.75. The Labute approximate surface area is 190 Å². The van der Waals surface area contributed by atoms with Crippen molar-refractivity contribution in [1.29, 1.82) is 0 Å². The smallest absolute Gasteiger partial charge is 0.414 e. The maximum absolute atomic E-state index is 13.3. The Balaban J connectivity index is 1.35. The number of benzene rings is 3. The van der Waals surface area contributed by atoms with Crippen molar-refractivity contribution in [2.75, 3.05) is 29.9 Å². The average Bonchev–Trinajstić information content (AvgIpc) is 3.48. The van der Waals surface area contributed by atoms with E-state index in [1.807, 2.05) is 12.1 Å². The van der Waals surface area contributed by atoms with Gasteiger partial charge in [0, 0.05) is 23.3 Å². The van der Waals surface area contributed by atoms with Crippen LogP contribution in [0.1, 0.15) is 23.2 Å². The number of hydrogen-bond acceptors (Lipinski definition) is 5. The molecule has 5 rings (SSSR count). The highest BCUT2D eigenvalue weighted by Gasteiger charge is 2.35. The van der Waals surface area contributed by atoms with Crippen LogP contribution in [0.5, 0.6) is 5.75 Å². The van der Waals surface area contributed by atoms with E-state index in [0.717, 1.165) is 5.39 Å². The van der Waals surface area contributed by atoms with Crippen molar-refractivity contribution in [2.24, 2.45) is 0 Å². The van der Waals surface area contributed by atoms with E-state index in [1.54, 1.807) is 48.5 Å². The van der Waals surface area contributed by atoms with Gasteiger partial charge in [0.05, 0.1) is 12.1 Å². The number of carbonyl (C=O) groups is 3. The topological polar surface area (TPSA) is 99.2 Å². The van der Waals surface area contributed by atoms with Gasteiger partial charge in [-0.3, -0.25) is 14.5 Å². The molecule has 0 aliphatic carbocycles. The quantitative estimate of drug-likeness (QED) is 0.637. The number of phenols is 1. The third-order valence-electron chi connectivity index (χ3n) is 6.13.